The molecule has 0 fully saturated rings. The Morgan fingerprint density at radius 2 is 2.05 bits per heavy atom. The van der Waals surface area contributed by atoms with Crippen LogP contribution in [0.1, 0.15) is 17.3 Å². The van der Waals surface area contributed by atoms with E-state index in [4.69, 9.17) is 11.6 Å². The Labute approximate surface area is 121 Å². The van der Waals surface area contributed by atoms with E-state index in [-0.39, 0.29) is 10.6 Å². The highest BCUT2D eigenvalue weighted by atomic mass is 79.9. The highest BCUT2D eigenvalue weighted by molar-refractivity contribution is 9.10. The van der Waals surface area contributed by atoms with Gasteiger partial charge in [-0.15, -0.1) is 5.10 Å². The second-order valence-corrected chi connectivity index (χ2v) is 5.06. The fraction of sp³-hybridized carbons (Fsp3) is 0.273. The molecule has 1 aromatic carbocycles. The zero-order valence-corrected chi connectivity index (χ0v) is 12.4. The molecule has 1 N–H and O–H groups in total. The molecular weight excluding hydrogens is 342 g/mol. The van der Waals surface area contributed by atoms with E-state index in [2.05, 4.69) is 31.6 Å². The van der Waals surface area contributed by atoms with Crippen molar-refractivity contribution in [3.8, 4) is 0 Å². The summed E-state index contributed by atoms with van der Waals surface area (Å²) in [7, 11) is 3.30. The van der Waals surface area contributed by atoms with Crippen LogP contribution in [-0.2, 0) is 7.05 Å². The van der Waals surface area contributed by atoms with Gasteiger partial charge in [0, 0.05) is 12.6 Å². The number of hydrogen-bond acceptors (Lipinski definition) is 3. The van der Waals surface area contributed by atoms with Crippen LogP contribution in [0, 0.1) is 11.6 Å². The average Bonchev–Trinajstić information content (AvgIpc) is 2.68. The van der Waals surface area contributed by atoms with Crippen molar-refractivity contribution in [2.24, 2.45) is 7.05 Å². The molecule has 0 aliphatic carbocycles. The molecule has 19 heavy (non-hydrogen) atoms. The SMILES string of the molecule is CNC(c1cc(F)c(Cl)cc1F)c1c(Br)nnn1C. The Balaban J connectivity index is 2.58. The molecular formula is C11H10BrClF2N4. The average molecular weight is 352 g/mol. The van der Waals surface area contributed by atoms with Gasteiger partial charge >= 0.3 is 0 Å². The van der Waals surface area contributed by atoms with E-state index in [9.17, 15) is 8.78 Å². The first-order valence-electron chi connectivity index (χ1n) is 5.32. The van der Waals surface area contributed by atoms with Gasteiger partial charge in [-0.1, -0.05) is 16.8 Å². The quantitative estimate of drug-likeness (QED) is 0.865. The minimum absolute atomic E-state index is 0.135. The van der Waals surface area contributed by atoms with Gasteiger partial charge in [0.1, 0.15) is 11.6 Å². The number of nitrogens with one attached hydrogen (secondary N) is 1. The van der Waals surface area contributed by atoms with Gasteiger partial charge in [-0.05, 0) is 35.1 Å². The van der Waals surface area contributed by atoms with Crippen LogP contribution in [-0.4, -0.2) is 22.0 Å². The van der Waals surface area contributed by atoms with E-state index in [0.717, 1.165) is 12.1 Å². The van der Waals surface area contributed by atoms with Crippen molar-refractivity contribution in [2.75, 3.05) is 7.05 Å². The summed E-state index contributed by atoms with van der Waals surface area (Å²) in [6, 6.07) is 1.42. The maximum absolute atomic E-state index is 14.0. The summed E-state index contributed by atoms with van der Waals surface area (Å²) in [6.45, 7) is 0. The first-order chi connectivity index (χ1) is 8.95. The number of halogens is 4. The zero-order chi connectivity index (χ0) is 14.2. The minimum Gasteiger partial charge on any atom is -0.308 e. The maximum Gasteiger partial charge on any atom is 0.153 e. The number of rotatable bonds is 3. The maximum atomic E-state index is 14.0. The molecule has 0 radical (unpaired) electrons. The predicted molar refractivity (Wildman–Crippen MR) is 71.0 cm³/mol. The monoisotopic (exact) mass is 350 g/mol. The lowest BCUT2D eigenvalue weighted by atomic mass is 10.0. The van der Waals surface area contributed by atoms with Crippen molar-refractivity contribution in [3.05, 3.63) is 44.7 Å². The van der Waals surface area contributed by atoms with E-state index in [1.54, 1.807) is 14.1 Å². The lowest BCUT2D eigenvalue weighted by molar-refractivity contribution is 0.537. The first-order valence-corrected chi connectivity index (χ1v) is 6.49. The molecule has 2 aromatic rings. The predicted octanol–water partition coefficient (Wildman–Crippen LogP) is 2.82. The fourth-order valence-electron chi connectivity index (χ4n) is 1.84. The summed E-state index contributed by atoms with van der Waals surface area (Å²) in [5.41, 5.74) is 0.721. The Kier molecular flexibility index (Phi) is 4.17. The van der Waals surface area contributed by atoms with E-state index in [1.165, 1.54) is 4.68 Å². The van der Waals surface area contributed by atoms with Crippen molar-refractivity contribution in [2.45, 2.75) is 6.04 Å². The van der Waals surface area contributed by atoms with Crippen molar-refractivity contribution in [1.29, 1.82) is 0 Å². The molecule has 0 amide bonds. The van der Waals surface area contributed by atoms with Gasteiger partial charge in [0.15, 0.2) is 4.60 Å². The van der Waals surface area contributed by atoms with Crippen LogP contribution in [0.5, 0.6) is 0 Å². The molecule has 4 nitrogen and oxygen atoms in total. The minimum atomic E-state index is -0.676. The standard InChI is InChI=1S/C11H10BrClF2N4/c1-16-9(10-11(12)17-18-19(10)2)5-3-8(15)6(13)4-7(5)14/h3-4,9,16H,1-2H3. The summed E-state index contributed by atoms with van der Waals surface area (Å²) in [6.07, 6.45) is 0. The van der Waals surface area contributed by atoms with Gasteiger partial charge < -0.3 is 5.32 Å². The molecule has 1 unspecified atom stereocenters. The molecule has 0 saturated carbocycles. The summed E-state index contributed by atoms with van der Waals surface area (Å²) in [5, 5.41) is 10.3. The lowest BCUT2D eigenvalue weighted by Crippen LogP contribution is -2.22. The molecule has 0 aliphatic rings. The summed E-state index contributed by atoms with van der Waals surface area (Å²) in [4.78, 5) is 0. The largest absolute Gasteiger partial charge is 0.308 e. The number of benzene rings is 1. The van der Waals surface area contributed by atoms with Crippen molar-refractivity contribution < 1.29 is 8.78 Å². The first kappa shape index (κ1) is 14.4. The fourth-order valence-corrected chi connectivity index (χ4v) is 2.55. The van der Waals surface area contributed by atoms with Gasteiger partial charge in [0.05, 0.1) is 16.8 Å². The molecule has 0 spiro atoms. The van der Waals surface area contributed by atoms with Crippen LogP contribution in [0.4, 0.5) is 8.78 Å². The molecule has 0 aliphatic heterocycles. The molecule has 0 saturated heterocycles. The van der Waals surface area contributed by atoms with Crippen LogP contribution in [0.25, 0.3) is 0 Å². The highest BCUT2D eigenvalue weighted by Crippen LogP contribution is 2.30. The van der Waals surface area contributed by atoms with Crippen molar-refractivity contribution in [1.82, 2.24) is 20.3 Å². The Hall–Kier alpha value is -1.05. The van der Waals surface area contributed by atoms with E-state index in [1.807, 2.05) is 0 Å². The smallest absolute Gasteiger partial charge is 0.153 e. The molecule has 0 bridgehead atoms. The topological polar surface area (TPSA) is 42.7 Å². The summed E-state index contributed by atoms with van der Waals surface area (Å²) in [5.74, 6) is -1.27. The summed E-state index contributed by atoms with van der Waals surface area (Å²) >= 11 is 8.78. The third kappa shape index (κ3) is 2.63. The highest BCUT2D eigenvalue weighted by Gasteiger charge is 2.24. The second-order valence-electron chi connectivity index (χ2n) is 3.90. The van der Waals surface area contributed by atoms with E-state index in [0.29, 0.717) is 10.3 Å². The van der Waals surface area contributed by atoms with Crippen molar-refractivity contribution >= 4 is 27.5 Å². The van der Waals surface area contributed by atoms with Gasteiger partial charge in [0.25, 0.3) is 0 Å². The molecule has 1 atom stereocenters. The molecule has 2 rings (SSSR count). The van der Waals surface area contributed by atoms with Gasteiger partial charge in [-0.25, -0.2) is 13.5 Å². The van der Waals surface area contributed by atoms with Crippen LogP contribution in [0.2, 0.25) is 5.02 Å². The Morgan fingerprint density at radius 1 is 1.37 bits per heavy atom. The zero-order valence-electron chi connectivity index (χ0n) is 10.1. The third-order valence-corrected chi connectivity index (χ3v) is 3.59. The van der Waals surface area contributed by atoms with Crippen LogP contribution in [0.15, 0.2) is 16.7 Å². The Morgan fingerprint density at radius 3 is 2.58 bits per heavy atom. The van der Waals surface area contributed by atoms with Gasteiger partial charge in [0.2, 0.25) is 0 Å². The number of aromatic nitrogens is 3. The number of aryl methyl sites for hydroxylation is 1. The third-order valence-electron chi connectivity index (χ3n) is 2.74. The summed E-state index contributed by atoms with van der Waals surface area (Å²) < 4.78 is 29.4. The number of nitrogens with zero attached hydrogens (tertiary/aromatic N) is 3. The van der Waals surface area contributed by atoms with Crippen LogP contribution < -0.4 is 5.32 Å². The van der Waals surface area contributed by atoms with E-state index >= 15 is 0 Å². The number of hydrogen-bond donors (Lipinski definition) is 1. The van der Waals surface area contributed by atoms with Crippen LogP contribution >= 0.6 is 27.5 Å². The molecule has 1 aromatic heterocycles. The molecule has 1 heterocycles. The van der Waals surface area contributed by atoms with Crippen LogP contribution in [0.3, 0.4) is 0 Å². The normalized spacial score (nSPS) is 12.7. The Bertz CT molecular complexity index is 597. The van der Waals surface area contributed by atoms with E-state index < -0.39 is 17.7 Å². The lowest BCUT2D eigenvalue weighted by Gasteiger charge is -2.18. The molecule has 8 heteroatoms. The van der Waals surface area contributed by atoms with Crippen molar-refractivity contribution in [3.63, 3.8) is 0 Å². The van der Waals surface area contributed by atoms with Gasteiger partial charge in [-0.3, -0.25) is 0 Å². The second kappa shape index (κ2) is 5.52. The molecule has 102 valence electrons. The van der Waals surface area contributed by atoms with Gasteiger partial charge in [-0.2, -0.15) is 0 Å².